The Balaban J connectivity index is 1.46. The lowest BCUT2D eigenvalue weighted by atomic mass is 10.2. The number of benzene rings is 2. The molecule has 0 unspecified atom stereocenters. The molecule has 26 heavy (non-hydrogen) atoms. The number of carbonyl (C=O) groups is 2. The monoisotopic (exact) mass is 368 g/mol. The number of para-hydroxylation sites is 1. The second-order valence-electron chi connectivity index (χ2n) is 5.60. The molecule has 1 aromatic heterocycles. The number of amides is 2. The summed E-state index contributed by atoms with van der Waals surface area (Å²) >= 11 is 5.78. The van der Waals surface area contributed by atoms with E-state index in [2.05, 4.69) is 15.7 Å². The molecule has 0 fully saturated rings. The van der Waals surface area contributed by atoms with Crippen LogP contribution in [0.1, 0.15) is 15.9 Å². The van der Waals surface area contributed by atoms with Gasteiger partial charge in [-0.05, 0) is 36.4 Å². The average molecular weight is 369 g/mol. The highest BCUT2D eigenvalue weighted by Crippen LogP contribution is 2.09. The molecule has 0 saturated heterocycles. The van der Waals surface area contributed by atoms with Crippen LogP contribution in [0.5, 0.6) is 0 Å². The van der Waals surface area contributed by atoms with E-state index < -0.39 is 0 Å². The van der Waals surface area contributed by atoms with Gasteiger partial charge in [-0.2, -0.15) is 5.10 Å². The van der Waals surface area contributed by atoms with Gasteiger partial charge in [0.05, 0.1) is 18.4 Å². The fourth-order valence-electron chi connectivity index (χ4n) is 2.30. The summed E-state index contributed by atoms with van der Waals surface area (Å²) in [6, 6.07) is 16.2. The summed E-state index contributed by atoms with van der Waals surface area (Å²) in [5.74, 6) is -0.603. The lowest BCUT2D eigenvalue weighted by molar-refractivity contribution is -0.120. The third-order valence-electron chi connectivity index (χ3n) is 3.66. The standard InChI is InChI=1S/C19H17ClN4O2/c20-16-8-6-15(7-9-16)19(26)22-12-18(25)21-10-14-11-23-24(13-14)17-4-2-1-3-5-17/h1-9,11,13H,10,12H2,(H,21,25)(H,22,26). The minimum atomic E-state index is -0.325. The predicted molar refractivity (Wildman–Crippen MR) is 99.2 cm³/mol. The Morgan fingerprint density at radius 1 is 1.00 bits per heavy atom. The van der Waals surface area contributed by atoms with Gasteiger partial charge < -0.3 is 10.6 Å². The Morgan fingerprint density at radius 3 is 2.46 bits per heavy atom. The van der Waals surface area contributed by atoms with Crippen LogP contribution in [0.25, 0.3) is 5.69 Å². The van der Waals surface area contributed by atoms with Crippen molar-refractivity contribution < 1.29 is 9.59 Å². The molecule has 2 N–H and O–H groups in total. The average Bonchev–Trinajstić information content (AvgIpc) is 3.15. The van der Waals surface area contributed by atoms with Crippen LogP contribution in [0.15, 0.2) is 67.0 Å². The maximum Gasteiger partial charge on any atom is 0.251 e. The van der Waals surface area contributed by atoms with Crippen molar-refractivity contribution in [2.24, 2.45) is 0 Å². The first-order valence-corrected chi connectivity index (χ1v) is 8.39. The second-order valence-corrected chi connectivity index (χ2v) is 6.03. The maximum atomic E-state index is 11.9. The highest BCUT2D eigenvalue weighted by atomic mass is 35.5. The number of rotatable bonds is 6. The highest BCUT2D eigenvalue weighted by molar-refractivity contribution is 6.30. The topological polar surface area (TPSA) is 76.0 Å². The summed E-state index contributed by atoms with van der Waals surface area (Å²) in [4.78, 5) is 23.9. The summed E-state index contributed by atoms with van der Waals surface area (Å²) in [6.07, 6.45) is 3.54. The van der Waals surface area contributed by atoms with E-state index in [9.17, 15) is 9.59 Å². The molecule has 3 aromatic rings. The second kappa shape index (κ2) is 8.31. The van der Waals surface area contributed by atoms with Crippen molar-refractivity contribution in [2.75, 3.05) is 6.54 Å². The summed E-state index contributed by atoms with van der Waals surface area (Å²) in [5, 5.41) is 10.1. The predicted octanol–water partition coefficient (Wildman–Crippen LogP) is 2.57. The highest BCUT2D eigenvalue weighted by Gasteiger charge is 2.08. The van der Waals surface area contributed by atoms with Gasteiger partial charge in [-0.25, -0.2) is 4.68 Å². The first-order chi connectivity index (χ1) is 12.6. The maximum absolute atomic E-state index is 11.9. The molecule has 0 aliphatic heterocycles. The van der Waals surface area contributed by atoms with E-state index in [1.807, 2.05) is 36.5 Å². The molecule has 1 heterocycles. The van der Waals surface area contributed by atoms with E-state index in [-0.39, 0.29) is 18.4 Å². The van der Waals surface area contributed by atoms with Crippen molar-refractivity contribution >= 4 is 23.4 Å². The quantitative estimate of drug-likeness (QED) is 0.702. The number of hydrogen-bond donors (Lipinski definition) is 2. The third-order valence-corrected chi connectivity index (χ3v) is 3.91. The number of nitrogens with zero attached hydrogens (tertiary/aromatic N) is 2. The van der Waals surface area contributed by atoms with E-state index in [1.54, 1.807) is 35.1 Å². The van der Waals surface area contributed by atoms with E-state index in [4.69, 9.17) is 11.6 Å². The molecule has 0 aliphatic rings. The lowest BCUT2D eigenvalue weighted by Gasteiger charge is -2.06. The zero-order valence-corrected chi connectivity index (χ0v) is 14.6. The fraction of sp³-hybridized carbons (Fsp3) is 0.105. The van der Waals surface area contributed by atoms with Gasteiger partial charge in [0, 0.05) is 28.9 Å². The van der Waals surface area contributed by atoms with Crippen molar-refractivity contribution in [3.05, 3.63) is 83.1 Å². The zero-order valence-electron chi connectivity index (χ0n) is 13.9. The van der Waals surface area contributed by atoms with Crippen molar-refractivity contribution in [3.63, 3.8) is 0 Å². The van der Waals surface area contributed by atoms with Gasteiger partial charge in [0.1, 0.15) is 0 Å². The molecule has 6 nitrogen and oxygen atoms in total. The number of hydrogen-bond acceptors (Lipinski definition) is 3. The van der Waals surface area contributed by atoms with Crippen molar-refractivity contribution in [1.82, 2.24) is 20.4 Å². The van der Waals surface area contributed by atoms with Gasteiger partial charge in [0.25, 0.3) is 5.91 Å². The number of halogens is 1. The lowest BCUT2D eigenvalue weighted by Crippen LogP contribution is -2.36. The summed E-state index contributed by atoms with van der Waals surface area (Å²) in [6.45, 7) is 0.233. The molecule has 0 saturated carbocycles. The van der Waals surface area contributed by atoms with E-state index in [0.29, 0.717) is 17.1 Å². The van der Waals surface area contributed by atoms with Gasteiger partial charge >= 0.3 is 0 Å². The molecule has 0 radical (unpaired) electrons. The Labute approximate surface area is 155 Å². The summed E-state index contributed by atoms with van der Waals surface area (Å²) < 4.78 is 1.74. The van der Waals surface area contributed by atoms with Crippen LogP contribution in [-0.2, 0) is 11.3 Å². The summed E-state index contributed by atoms with van der Waals surface area (Å²) in [5.41, 5.74) is 2.26. The summed E-state index contributed by atoms with van der Waals surface area (Å²) in [7, 11) is 0. The number of carbonyl (C=O) groups excluding carboxylic acids is 2. The fourth-order valence-corrected chi connectivity index (χ4v) is 2.43. The van der Waals surface area contributed by atoms with Gasteiger partial charge in [-0.15, -0.1) is 0 Å². The van der Waals surface area contributed by atoms with Crippen LogP contribution in [0.4, 0.5) is 0 Å². The molecule has 2 aromatic carbocycles. The van der Waals surface area contributed by atoms with E-state index in [0.717, 1.165) is 11.3 Å². The Kier molecular flexibility index (Phi) is 5.66. The van der Waals surface area contributed by atoms with Crippen LogP contribution in [0.2, 0.25) is 5.02 Å². The van der Waals surface area contributed by atoms with Crippen LogP contribution in [-0.4, -0.2) is 28.1 Å². The first kappa shape index (κ1) is 17.7. The number of nitrogens with one attached hydrogen (secondary N) is 2. The van der Waals surface area contributed by atoms with Gasteiger partial charge in [-0.1, -0.05) is 29.8 Å². The SMILES string of the molecule is O=C(CNC(=O)c1ccc(Cl)cc1)NCc1cnn(-c2ccccc2)c1. The van der Waals surface area contributed by atoms with Crippen LogP contribution in [0.3, 0.4) is 0 Å². The number of aromatic nitrogens is 2. The smallest absolute Gasteiger partial charge is 0.251 e. The van der Waals surface area contributed by atoms with Gasteiger partial charge in [-0.3, -0.25) is 9.59 Å². The first-order valence-electron chi connectivity index (χ1n) is 8.01. The minimum Gasteiger partial charge on any atom is -0.350 e. The Hall–Kier alpha value is -3.12. The molecule has 0 aliphatic carbocycles. The molecule has 0 spiro atoms. The van der Waals surface area contributed by atoms with Crippen LogP contribution in [0, 0.1) is 0 Å². The minimum absolute atomic E-state index is 0.103. The van der Waals surface area contributed by atoms with Crippen LogP contribution < -0.4 is 10.6 Å². The van der Waals surface area contributed by atoms with Crippen molar-refractivity contribution in [2.45, 2.75) is 6.54 Å². The zero-order chi connectivity index (χ0) is 18.4. The molecule has 0 atom stereocenters. The molecule has 132 valence electrons. The molecular weight excluding hydrogens is 352 g/mol. The molecule has 0 bridgehead atoms. The Morgan fingerprint density at radius 2 is 1.73 bits per heavy atom. The van der Waals surface area contributed by atoms with E-state index >= 15 is 0 Å². The van der Waals surface area contributed by atoms with Gasteiger partial charge in [0.15, 0.2) is 0 Å². The van der Waals surface area contributed by atoms with Crippen molar-refractivity contribution in [3.8, 4) is 5.69 Å². The molecule has 2 amide bonds. The molecule has 7 heteroatoms. The molecular formula is C19H17ClN4O2. The van der Waals surface area contributed by atoms with Crippen LogP contribution >= 0.6 is 11.6 Å². The Bertz CT molecular complexity index is 891. The molecule has 3 rings (SSSR count). The largest absolute Gasteiger partial charge is 0.350 e. The normalized spacial score (nSPS) is 10.3. The third kappa shape index (κ3) is 4.70. The van der Waals surface area contributed by atoms with Crippen molar-refractivity contribution in [1.29, 1.82) is 0 Å². The van der Waals surface area contributed by atoms with Gasteiger partial charge in [0.2, 0.25) is 5.91 Å². The van der Waals surface area contributed by atoms with E-state index in [1.165, 1.54) is 0 Å².